The van der Waals surface area contributed by atoms with Crippen LogP contribution in [0.25, 0.3) is 0 Å². The van der Waals surface area contributed by atoms with Crippen LogP contribution >= 0.6 is 0 Å². The number of benzene rings is 2. The maximum Gasteiger partial charge on any atom is 0.418 e. The van der Waals surface area contributed by atoms with Crippen LogP contribution in [-0.2, 0) is 17.5 Å². The fourth-order valence-electron chi connectivity index (χ4n) is 2.20. The van der Waals surface area contributed by atoms with Crippen LogP contribution in [0.2, 0.25) is 0 Å². The number of carbonyl (C=O) groups is 2. The summed E-state index contributed by atoms with van der Waals surface area (Å²) in [5.74, 6) is -0.451. The van der Waals surface area contributed by atoms with Gasteiger partial charge in [0, 0.05) is 6.54 Å². The van der Waals surface area contributed by atoms with Gasteiger partial charge in [-0.25, -0.2) is 4.79 Å². The van der Waals surface area contributed by atoms with Crippen molar-refractivity contribution in [3.05, 3.63) is 65.7 Å². The van der Waals surface area contributed by atoms with Crippen molar-refractivity contribution < 1.29 is 22.8 Å². The largest absolute Gasteiger partial charge is 0.418 e. The summed E-state index contributed by atoms with van der Waals surface area (Å²) >= 11 is 0. The molecule has 1 unspecified atom stereocenters. The predicted octanol–water partition coefficient (Wildman–Crippen LogP) is 3.53. The summed E-state index contributed by atoms with van der Waals surface area (Å²) in [4.78, 5) is 23.9. The standard InChI is InChI=1S/C18H18F3N3O2/c1-12(16(25)22-11-13-7-3-2-4-8-13)23-17(26)24-15-10-6-5-9-14(15)18(19,20)21/h2-10,12H,11H2,1H3,(H,22,25)(H2,23,24,26). The number of urea groups is 1. The van der Waals surface area contributed by atoms with Crippen molar-refractivity contribution in [3.63, 3.8) is 0 Å². The second kappa shape index (κ2) is 8.37. The number of hydrogen-bond donors (Lipinski definition) is 3. The Labute approximate surface area is 148 Å². The van der Waals surface area contributed by atoms with E-state index in [1.807, 2.05) is 30.3 Å². The number of nitrogens with one attached hydrogen (secondary N) is 3. The van der Waals surface area contributed by atoms with Crippen LogP contribution in [0, 0.1) is 0 Å². The van der Waals surface area contributed by atoms with E-state index in [-0.39, 0.29) is 12.2 Å². The molecule has 2 aromatic rings. The monoisotopic (exact) mass is 365 g/mol. The molecule has 1 atom stereocenters. The molecule has 0 aliphatic heterocycles. The van der Waals surface area contributed by atoms with Gasteiger partial charge in [0.05, 0.1) is 11.3 Å². The minimum atomic E-state index is -4.59. The van der Waals surface area contributed by atoms with Crippen LogP contribution in [0.4, 0.5) is 23.7 Å². The molecule has 0 spiro atoms. The number of rotatable bonds is 5. The molecule has 0 aliphatic carbocycles. The lowest BCUT2D eigenvalue weighted by molar-refractivity contribution is -0.137. The lowest BCUT2D eigenvalue weighted by atomic mass is 10.1. The molecule has 0 fully saturated rings. The molecule has 8 heteroatoms. The van der Waals surface area contributed by atoms with Crippen LogP contribution < -0.4 is 16.0 Å². The van der Waals surface area contributed by atoms with Crippen LogP contribution in [0.5, 0.6) is 0 Å². The van der Waals surface area contributed by atoms with Crippen molar-refractivity contribution in [1.29, 1.82) is 0 Å². The highest BCUT2D eigenvalue weighted by Gasteiger charge is 2.33. The maximum absolute atomic E-state index is 12.9. The van der Waals surface area contributed by atoms with E-state index < -0.39 is 29.7 Å². The highest BCUT2D eigenvalue weighted by molar-refractivity contribution is 5.94. The molecule has 0 aliphatic rings. The zero-order chi connectivity index (χ0) is 19.2. The summed E-state index contributed by atoms with van der Waals surface area (Å²) in [6, 6.07) is 12.0. The summed E-state index contributed by atoms with van der Waals surface area (Å²) in [6.07, 6.45) is -4.59. The van der Waals surface area contributed by atoms with Gasteiger partial charge in [-0.05, 0) is 24.6 Å². The summed E-state index contributed by atoms with van der Waals surface area (Å²) in [6.45, 7) is 1.72. The van der Waals surface area contributed by atoms with E-state index in [0.717, 1.165) is 17.7 Å². The lowest BCUT2D eigenvalue weighted by Gasteiger charge is -2.17. The first-order valence-electron chi connectivity index (χ1n) is 7.83. The molecule has 0 bridgehead atoms. The van der Waals surface area contributed by atoms with Gasteiger partial charge in [0.1, 0.15) is 6.04 Å². The van der Waals surface area contributed by atoms with Crippen LogP contribution in [0.3, 0.4) is 0 Å². The number of anilines is 1. The molecule has 0 saturated heterocycles. The van der Waals surface area contributed by atoms with Gasteiger partial charge in [-0.1, -0.05) is 42.5 Å². The minimum absolute atomic E-state index is 0.282. The van der Waals surface area contributed by atoms with Crippen molar-refractivity contribution in [2.75, 3.05) is 5.32 Å². The molecule has 0 aromatic heterocycles. The van der Waals surface area contributed by atoms with Crippen molar-refractivity contribution in [2.24, 2.45) is 0 Å². The Kier molecular flexibility index (Phi) is 6.21. The Morgan fingerprint density at radius 1 is 1.00 bits per heavy atom. The molecule has 138 valence electrons. The van der Waals surface area contributed by atoms with Crippen LogP contribution in [0.15, 0.2) is 54.6 Å². The number of carbonyl (C=O) groups excluding carboxylic acids is 2. The van der Waals surface area contributed by atoms with E-state index in [1.165, 1.54) is 19.1 Å². The maximum atomic E-state index is 12.9. The van der Waals surface area contributed by atoms with Gasteiger partial charge in [-0.3, -0.25) is 4.79 Å². The van der Waals surface area contributed by atoms with Crippen molar-refractivity contribution in [2.45, 2.75) is 25.7 Å². The Morgan fingerprint density at radius 2 is 1.62 bits per heavy atom. The van der Waals surface area contributed by atoms with Gasteiger partial charge >= 0.3 is 12.2 Å². The normalized spacial score (nSPS) is 12.2. The fourth-order valence-corrected chi connectivity index (χ4v) is 2.20. The van der Waals surface area contributed by atoms with Crippen molar-refractivity contribution >= 4 is 17.6 Å². The third-order valence-electron chi connectivity index (χ3n) is 3.53. The first-order chi connectivity index (χ1) is 12.3. The number of alkyl halides is 3. The highest BCUT2D eigenvalue weighted by atomic mass is 19.4. The lowest BCUT2D eigenvalue weighted by Crippen LogP contribution is -2.46. The number of hydrogen-bond acceptors (Lipinski definition) is 2. The third-order valence-corrected chi connectivity index (χ3v) is 3.53. The Hall–Kier alpha value is -3.03. The van der Waals surface area contributed by atoms with Gasteiger partial charge < -0.3 is 16.0 Å². The Balaban J connectivity index is 1.90. The molecular formula is C18H18F3N3O2. The topological polar surface area (TPSA) is 70.2 Å². The van der Waals surface area contributed by atoms with Gasteiger partial charge in [-0.15, -0.1) is 0 Å². The van der Waals surface area contributed by atoms with E-state index >= 15 is 0 Å². The average molecular weight is 365 g/mol. The second-order valence-electron chi connectivity index (χ2n) is 5.57. The van der Waals surface area contributed by atoms with Gasteiger partial charge in [0.2, 0.25) is 5.91 Å². The molecule has 2 aromatic carbocycles. The number of halogens is 3. The fraction of sp³-hybridized carbons (Fsp3) is 0.222. The van der Waals surface area contributed by atoms with Gasteiger partial charge in [0.25, 0.3) is 0 Å². The van der Waals surface area contributed by atoms with E-state index in [9.17, 15) is 22.8 Å². The third kappa shape index (κ3) is 5.51. The van der Waals surface area contributed by atoms with Gasteiger partial charge in [0.15, 0.2) is 0 Å². The predicted molar refractivity (Wildman–Crippen MR) is 91.3 cm³/mol. The van der Waals surface area contributed by atoms with E-state index in [4.69, 9.17) is 0 Å². The smallest absolute Gasteiger partial charge is 0.350 e. The molecule has 3 N–H and O–H groups in total. The summed E-state index contributed by atoms with van der Waals surface area (Å²) in [5, 5.41) is 7.08. The molecule has 0 saturated carbocycles. The van der Waals surface area contributed by atoms with E-state index in [0.29, 0.717) is 0 Å². The quantitative estimate of drug-likeness (QED) is 0.759. The molecule has 5 nitrogen and oxygen atoms in total. The summed E-state index contributed by atoms with van der Waals surface area (Å²) in [5.41, 5.74) is -0.456. The molecule has 26 heavy (non-hydrogen) atoms. The molecule has 2 rings (SSSR count). The van der Waals surface area contributed by atoms with Crippen molar-refractivity contribution in [3.8, 4) is 0 Å². The van der Waals surface area contributed by atoms with E-state index in [1.54, 1.807) is 0 Å². The number of para-hydroxylation sites is 1. The summed E-state index contributed by atoms with van der Waals surface area (Å²) < 4.78 is 38.7. The Bertz CT molecular complexity index is 764. The molecule has 3 amide bonds. The minimum Gasteiger partial charge on any atom is -0.350 e. The van der Waals surface area contributed by atoms with Crippen molar-refractivity contribution in [1.82, 2.24) is 10.6 Å². The summed E-state index contributed by atoms with van der Waals surface area (Å²) in [7, 11) is 0. The molecule has 0 heterocycles. The van der Waals surface area contributed by atoms with E-state index in [2.05, 4.69) is 16.0 Å². The first kappa shape index (κ1) is 19.3. The first-order valence-corrected chi connectivity index (χ1v) is 7.83. The molecular weight excluding hydrogens is 347 g/mol. The molecule has 0 radical (unpaired) electrons. The number of amides is 3. The van der Waals surface area contributed by atoms with Gasteiger partial charge in [-0.2, -0.15) is 13.2 Å². The second-order valence-corrected chi connectivity index (χ2v) is 5.57. The highest BCUT2D eigenvalue weighted by Crippen LogP contribution is 2.34. The van der Waals surface area contributed by atoms with Crippen LogP contribution in [0.1, 0.15) is 18.1 Å². The Morgan fingerprint density at radius 3 is 2.27 bits per heavy atom. The average Bonchev–Trinajstić information content (AvgIpc) is 2.60. The SMILES string of the molecule is CC(NC(=O)Nc1ccccc1C(F)(F)F)C(=O)NCc1ccccc1. The van der Waals surface area contributed by atoms with Crippen LogP contribution in [-0.4, -0.2) is 18.0 Å². The zero-order valence-electron chi connectivity index (χ0n) is 13.9. The zero-order valence-corrected chi connectivity index (χ0v) is 13.9.